The van der Waals surface area contributed by atoms with Crippen molar-refractivity contribution in [1.29, 1.82) is 0 Å². The molecule has 1 aromatic heterocycles. The molecule has 20 heavy (non-hydrogen) atoms. The lowest BCUT2D eigenvalue weighted by atomic mass is 10.0. The van der Waals surface area contributed by atoms with E-state index < -0.39 is 0 Å². The van der Waals surface area contributed by atoms with Crippen molar-refractivity contribution in [2.75, 3.05) is 13.7 Å². The van der Waals surface area contributed by atoms with Gasteiger partial charge >= 0.3 is 5.97 Å². The third-order valence-corrected chi connectivity index (χ3v) is 4.00. The Kier molecular flexibility index (Phi) is 5.17. The lowest BCUT2D eigenvalue weighted by Crippen LogP contribution is -2.38. The molecule has 0 saturated heterocycles. The molecule has 1 aromatic rings. The number of hydrogen-bond donors (Lipinski definition) is 1. The third-order valence-electron chi connectivity index (χ3n) is 4.00. The second-order valence-electron chi connectivity index (χ2n) is 5.33. The first-order valence-electron chi connectivity index (χ1n) is 7.53. The summed E-state index contributed by atoms with van der Waals surface area (Å²) in [7, 11) is 1.44. The van der Waals surface area contributed by atoms with Gasteiger partial charge in [-0.25, -0.2) is 4.98 Å². The normalized spacial score (nSPS) is 15.8. The van der Waals surface area contributed by atoms with Gasteiger partial charge in [-0.15, -0.1) is 0 Å². The van der Waals surface area contributed by atoms with Crippen LogP contribution < -0.4 is 5.32 Å². The number of fused-ring (bicyclic) bond motifs is 1. The number of likely N-dealkylation sites (N-methyl/N-ethyl adjacent to an activating group) is 1. The summed E-state index contributed by atoms with van der Waals surface area (Å²) in [5, 5.41) is 3.19. The van der Waals surface area contributed by atoms with Crippen LogP contribution in [-0.2, 0) is 28.9 Å². The number of esters is 1. The number of aromatic nitrogens is 2. The van der Waals surface area contributed by atoms with Gasteiger partial charge in [0, 0.05) is 12.2 Å². The Balaban J connectivity index is 2.06. The molecule has 1 heterocycles. The molecule has 0 amide bonds. The highest BCUT2D eigenvalue weighted by atomic mass is 16.5. The van der Waals surface area contributed by atoms with Crippen molar-refractivity contribution in [3.8, 4) is 0 Å². The standard InChI is InChI=1S/C15H25N3O2/c1-4-16-13(15(19)20-3)9-10-18-11(2)17-12-7-5-6-8-14(12)18/h13,16H,4-10H2,1-3H3. The molecule has 0 aromatic carbocycles. The van der Waals surface area contributed by atoms with Gasteiger partial charge in [-0.2, -0.15) is 0 Å². The number of methoxy groups -OCH3 is 1. The van der Waals surface area contributed by atoms with Crippen LogP contribution in [0.1, 0.15) is 43.4 Å². The predicted molar refractivity (Wildman–Crippen MR) is 77.7 cm³/mol. The third kappa shape index (κ3) is 3.20. The molecule has 1 aliphatic carbocycles. The first kappa shape index (κ1) is 15.0. The van der Waals surface area contributed by atoms with Crippen LogP contribution in [0, 0.1) is 6.92 Å². The van der Waals surface area contributed by atoms with E-state index in [9.17, 15) is 4.79 Å². The fourth-order valence-electron chi connectivity index (χ4n) is 2.98. The number of hydrogen-bond acceptors (Lipinski definition) is 4. The van der Waals surface area contributed by atoms with Gasteiger partial charge in [-0.05, 0) is 45.6 Å². The molecule has 5 heteroatoms. The lowest BCUT2D eigenvalue weighted by Gasteiger charge is -2.18. The van der Waals surface area contributed by atoms with Gasteiger partial charge < -0.3 is 14.6 Å². The van der Waals surface area contributed by atoms with E-state index in [1.165, 1.54) is 31.3 Å². The average molecular weight is 279 g/mol. The Morgan fingerprint density at radius 2 is 2.20 bits per heavy atom. The van der Waals surface area contributed by atoms with E-state index >= 15 is 0 Å². The van der Waals surface area contributed by atoms with Gasteiger partial charge in [0.1, 0.15) is 11.9 Å². The van der Waals surface area contributed by atoms with Gasteiger partial charge in [-0.1, -0.05) is 6.92 Å². The van der Waals surface area contributed by atoms with Crippen molar-refractivity contribution in [2.24, 2.45) is 0 Å². The Labute approximate surface area is 120 Å². The number of imidazole rings is 1. The van der Waals surface area contributed by atoms with E-state index in [0.29, 0.717) is 0 Å². The quantitative estimate of drug-likeness (QED) is 0.804. The van der Waals surface area contributed by atoms with Crippen molar-refractivity contribution in [3.05, 3.63) is 17.2 Å². The number of carbonyl (C=O) groups is 1. The molecule has 0 spiro atoms. The van der Waals surface area contributed by atoms with Crippen LogP contribution in [-0.4, -0.2) is 35.2 Å². The van der Waals surface area contributed by atoms with Crippen LogP contribution in [0.2, 0.25) is 0 Å². The zero-order valence-electron chi connectivity index (χ0n) is 12.7. The van der Waals surface area contributed by atoms with Gasteiger partial charge in [0.2, 0.25) is 0 Å². The van der Waals surface area contributed by atoms with Gasteiger partial charge in [0.05, 0.1) is 12.8 Å². The highest BCUT2D eigenvalue weighted by Gasteiger charge is 2.21. The van der Waals surface area contributed by atoms with E-state index in [-0.39, 0.29) is 12.0 Å². The molecule has 0 aliphatic heterocycles. The van der Waals surface area contributed by atoms with Crippen LogP contribution in [0.4, 0.5) is 0 Å². The predicted octanol–water partition coefficient (Wildman–Crippen LogP) is 1.61. The number of nitrogens with zero attached hydrogens (tertiary/aromatic N) is 2. The molecule has 0 saturated carbocycles. The molecule has 1 aliphatic rings. The molecular weight excluding hydrogens is 254 g/mol. The summed E-state index contributed by atoms with van der Waals surface area (Å²) in [4.78, 5) is 16.4. The van der Waals surface area contributed by atoms with Crippen LogP contribution in [0.3, 0.4) is 0 Å². The van der Waals surface area contributed by atoms with Gasteiger partial charge in [-0.3, -0.25) is 4.79 Å². The first-order valence-corrected chi connectivity index (χ1v) is 7.53. The first-order chi connectivity index (χ1) is 9.67. The summed E-state index contributed by atoms with van der Waals surface area (Å²) in [6, 6.07) is -0.231. The second-order valence-corrected chi connectivity index (χ2v) is 5.33. The van der Waals surface area contributed by atoms with Crippen LogP contribution in [0.5, 0.6) is 0 Å². The summed E-state index contributed by atoms with van der Waals surface area (Å²) in [5.41, 5.74) is 2.63. The summed E-state index contributed by atoms with van der Waals surface area (Å²) >= 11 is 0. The van der Waals surface area contributed by atoms with E-state index in [4.69, 9.17) is 4.74 Å². The monoisotopic (exact) mass is 279 g/mol. The SMILES string of the molecule is CCNC(CCn1c(C)nc2c1CCCC2)C(=O)OC. The van der Waals surface area contributed by atoms with Crippen molar-refractivity contribution < 1.29 is 9.53 Å². The molecule has 5 nitrogen and oxygen atoms in total. The Hall–Kier alpha value is -1.36. The van der Waals surface area contributed by atoms with E-state index in [1.54, 1.807) is 0 Å². The van der Waals surface area contributed by atoms with Crippen molar-refractivity contribution in [2.45, 2.75) is 58.5 Å². The average Bonchev–Trinajstić information content (AvgIpc) is 2.78. The maximum absolute atomic E-state index is 11.7. The zero-order chi connectivity index (χ0) is 14.5. The number of carbonyl (C=O) groups excluding carboxylic acids is 1. The second kappa shape index (κ2) is 6.88. The van der Waals surface area contributed by atoms with E-state index in [2.05, 4.69) is 21.8 Å². The van der Waals surface area contributed by atoms with Crippen LogP contribution >= 0.6 is 0 Å². The fourth-order valence-corrected chi connectivity index (χ4v) is 2.98. The summed E-state index contributed by atoms with van der Waals surface area (Å²) in [6.45, 7) is 5.64. The molecule has 112 valence electrons. The van der Waals surface area contributed by atoms with Crippen molar-refractivity contribution in [3.63, 3.8) is 0 Å². The summed E-state index contributed by atoms with van der Waals surface area (Å²) in [5.74, 6) is 0.885. The zero-order valence-corrected chi connectivity index (χ0v) is 12.7. The maximum Gasteiger partial charge on any atom is 0.322 e. The number of aryl methyl sites for hydroxylation is 2. The van der Waals surface area contributed by atoms with Crippen molar-refractivity contribution >= 4 is 5.97 Å². The maximum atomic E-state index is 11.7. The van der Waals surface area contributed by atoms with Crippen LogP contribution in [0.25, 0.3) is 0 Å². The molecule has 0 bridgehead atoms. The number of ether oxygens (including phenoxy) is 1. The highest BCUT2D eigenvalue weighted by molar-refractivity contribution is 5.75. The topological polar surface area (TPSA) is 56.2 Å². The Bertz CT molecular complexity index is 468. The number of rotatable bonds is 6. The van der Waals surface area contributed by atoms with Crippen molar-refractivity contribution in [1.82, 2.24) is 14.9 Å². The van der Waals surface area contributed by atoms with Gasteiger partial charge in [0.15, 0.2) is 0 Å². The van der Waals surface area contributed by atoms with Gasteiger partial charge in [0.25, 0.3) is 0 Å². The Morgan fingerprint density at radius 1 is 1.45 bits per heavy atom. The lowest BCUT2D eigenvalue weighted by molar-refractivity contribution is -0.143. The minimum atomic E-state index is -0.231. The molecule has 0 fully saturated rings. The summed E-state index contributed by atoms with van der Waals surface area (Å²) in [6.07, 6.45) is 5.43. The molecular formula is C15H25N3O2. The van der Waals surface area contributed by atoms with E-state index in [0.717, 1.165) is 38.2 Å². The largest absolute Gasteiger partial charge is 0.468 e. The molecule has 0 radical (unpaired) electrons. The molecule has 1 N–H and O–H groups in total. The summed E-state index contributed by atoms with van der Waals surface area (Å²) < 4.78 is 7.13. The van der Waals surface area contributed by atoms with Crippen LogP contribution in [0.15, 0.2) is 0 Å². The fraction of sp³-hybridized carbons (Fsp3) is 0.733. The smallest absolute Gasteiger partial charge is 0.322 e. The number of nitrogens with one attached hydrogen (secondary N) is 1. The molecule has 2 rings (SSSR count). The minimum Gasteiger partial charge on any atom is -0.468 e. The Morgan fingerprint density at radius 3 is 2.90 bits per heavy atom. The highest BCUT2D eigenvalue weighted by Crippen LogP contribution is 2.22. The molecule has 1 unspecified atom stereocenters. The van der Waals surface area contributed by atoms with E-state index in [1.807, 2.05) is 6.92 Å². The minimum absolute atomic E-state index is 0.182. The molecule has 1 atom stereocenters.